The van der Waals surface area contributed by atoms with Crippen LogP contribution in [-0.2, 0) is 4.79 Å². The van der Waals surface area contributed by atoms with Crippen molar-refractivity contribution >= 4 is 17.4 Å². The molecule has 0 unspecified atom stereocenters. The molecule has 1 N–H and O–H groups in total. The number of carbonyl (C=O) groups excluding carboxylic acids is 2. The Morgan fingerprint density at radius 2 is 1.57 bits per heavy atom. The Morgan fingerprint density at radius 3 is 2.17 bits per heavy atom. The molecule has 1 aliphatic heterocycles. The van der Waals surface area contributed by atoms with Crippen molar-refractivity contribution in [1.29, 1.82) is 0 Å². The fraction of sp³-hybridized carbons (Fsp3) is 0.222. The number of ether oxygens (including phenoxy) is 2. The first-order chi connectivity index (χ1) is 11.0. The predicted octanol–water partition coefficient (Wildman–Crippen LogP) is 3.06. The van der Waals surface area contributed by atoms with Crippen LogP contribution < -0.4 is 14.8 Å². The molecule has 0 saturated carbocycles. The smallest absolute Gasteiger partial charge is 0.269 e. The van der Waals surface area contributed by atoms with Crippen LogP contribution in [0.5, 0.6) is 11.5 Å². The molecule has 2 aromatic carbocycles. The molecular weight excluding hydrogens is 294 g/mol. The van der Waals surface area contributed by atoms with Gasteiger partial charge in [0.15, 0.2) is 17.3 Å². The SMILES string of the molecule is CC(=O)c1ccc(NC(=O)[C@H]2Oc3ccccc3O[C@H]2C)cc1. The summed E-state index contributed by atoms with van der Waals surface area (Å²) in [5, 5.41) is 2.78. The standard InChI is InChI=1S/C18H17NO4/c1-11(20)13-7-9-14(10-8-13)19-18(21)17-12(2)22-15-5-3-4-6-16(15)23-17/h3-10,12,17H,1-2H3,(H,19,21)/t12-,17-/m0/s1. The third-order valence-electron chi connectivity index (χ3n) is 3.66. The zero-order valence-corrected chi connectivity index (χ0v) is 12.9. The van der Waals surface area contributed by atoms with Crippen LogP contribution in [-0.4, -0.2) is 23.9 Å². The highest BCUT2D eigenvalue weighted by molar-refractivity contribution is 5.97. The normalized spacial score (nSPS) is 19.0. The second-order valence-corrected chi connectivity index (χ2v) is 5.43. The van der Waals surface area contributed by atoms with Gasteiger partial charge in [0, 0.05) is 11.3 Å². The van der Waals surface area contributed by atoms with E-state index >= 15 is 0 Å². The summed E-state index contributed by atoms with van der Waals surface area (Å²) in [6.45, 7) is 3.29. The van der Waals surface area contributed by atoms with Gasteiger partial charge >= 0.3 is 0 Å². The molecule has 1 aliphatic rings. The third-order valence-corrected chi connectivity index (χ3v) is 3.66. The van der Waals surface area contributed by atoms with Gasteiger partial charge in [-0.3, -0.25) is 9.59 Å². The van der Waals surface area contributed by atoms with E-state index in [2.05, 4.69) is 5.32 Å². The Balaban J connectivity index is 1.72. The summed E-state index contributed by atoms with van der Waals surface area (Å²) in [5.74, 6) is 0.882. The molecule has 0 saturated heterocycles. The Labute approximate surface area is 134 Å². The van der Waals surface area contributed by atoms with Crippen LogP contribution in [0.2, 0.25) is 0 Å². The largest absolute Gasteiger partial charge is 0.482 e. The molecule has 1 heterocycles. The number of ketones is 1. The van der Waals surface area contributed by atoms with Gasteiger partial charge in [0.05, 0.1) is 0 Å². The van der Waals surface area contributed by atoms with Crippen LogP contribution in [0.4, 0.5) is 5.69 Å². The molecule has 5 nitrogen and oxygen atoms in total. The number of anilines is 1. The van der Waals surface area contributed by atoms with Gasteiger partial charge in [-0.05, 0) is 50.2 Å². The first kappa shape index (κ1) is 15.1. The predicted molar refractivity (Wildman–Crippen MR) is 86.0 cm³/mol. The van der Waals surface area contributed by atoms with Crippen molar-refractivity contribution in [3.05, 3.63) is 54.1 Å². The number of carbonyl (C=O) groups is 2. The number of Topliss-reactive ketones (excluding diaryl/α,β-unsaturated/α-hetero) is 1. The van der Waals surface area contributed by atoms with Crippen molar-refractivity contribution in [2.75, 3.05) is 5.32 Å². The second-order valence-electron chi connectivity index (χ2n) is 5.43. The van der Waals surface area contributed by atoms with Gasteiger partial charge in [-0.15, -0.1) is 0 Å². The van der Waals surface area contributed by atoms with E-state index in [4.69, 9.17) is 9.47 Å². The van der Waals surface area contributed by atoms with E-state index in [-0.39, 0.29) is 11.7 Å². The van der Waals surface area contributed by atoms with Crippen LogP contribution in [0.1, 0.15) is 24.2 Å². The van der Waals surface area contributed by atoms with E-state index in [9.17, 15) is 9.59 Å². The van der Waals surface area contributed by atoms with Crippen molar-refractivity contribution < 1.29 is 19.1 Å². The van der Waals surface area contributed by atoms with Crippen LogP contribution in [0, 0.1) is 0 Å². The number of amides is 1. The van der Waals surface area contributed by atoms with Crippen LogP contribution in [0.3, 0.4) is 0 Å². The number of benzene rings is 2. The van der Waals surface area contributed by atoms with Crippen molar-refractivity contribution in [2.45, 2.75) is 26.1 Å². The van der Waals surface area contributed by atoms with Gasteiger partial charge in [-0.1, -0.05) is 12.1 Å². The van der Waals surface area contributed by atoms with E-state index in [1.807, 2.05) is 12.1 Å². The van der Waals surface area contributed by atoms with E-state index in [1.54, 1.807) is 43.3 Å². The molecule has 0 fully saturated rings. The summed E-state index contributed by atoms with van der Waals surface area (Å²) in [7, 11) is 0. The number of fused-ring (bicyclic) bond motifs is 1. The van der Waals surface area contributed by atoms with E-state index in [0.29, 0.717) is 22.7 Å². The van der Waals surface area contributed by atoms with Gasteiger partial charge in [0.2, 0.25) is 6.10 Å². The Morgan fingerprint density at radius 1 is 0.957 bits per heavy atom. The molecule has 118 valence electrons. The summed E-state index contributed by atoms with van der Waals surface area (Å²) in [4.78, 5) is 23.7. The van der Waals surface area contributed by atoms with Crippen molar-refractivity contribution in [2.24, 2.45) is 0 Å². The lowest BCUT2D eigenvalue weighted by atomic mass is 10.1. The fourth-order valence-electron chi connectivity index (χ4n) is 2.41. The molecule has 3 rings (SSSR count). The van der Waals surface area contributed by atoms with E-state index < -0.39 is 12.2 Å². The molecule has 0 aliphatic carbocycles. The molecule has 2 aromatic rings. The van der Waals surface area contributed by atoms with Gasteiger partial charge in [-0.25, -0.2) is 0 Å². The van der Waals surface area contributed by atoms with E-state index in [0.717, 1.165) is 0 Å². The molecule has 5 heteroatoms. The number of nitrogens with one attached hydrogen (secondary N) is 1. The van der Waals surface area contributed by atoms with Gasteiger partial charge in [-0.2, -0.15) is 0 Å². The fourth-order valence-corrected chi connectivity index (χ4v) is 2.41. The summed E-state index contributed by atoms with van der Waals surface area (Å²) >= 11 is 0. The average molecular weight is 311 g/mol. The minimum Gasteiger partial charge on any atom is -0.482 e. The number of hydrogen-bond donors (Lipinski definition) is 1. The lowest BCUT2D eigenvalue weighted by Crippen LogP contribution is -2.46. The lowest BCUT2D eigenvalue weighted by molar-refractivity contribution is -0.128. The van der Waals surface area contributed by atoms with Crippen LogP contribution >= 0.6 is 0 Å². The molecule has 0 spiro atoms. The molecule has 0 radical (unpaired) electrons. The number of rotatable bonds is 3. The van der Waals surface area contributed by atoms with Gasteiger partial charge in [0.1, 0.15) is 6.10 Å². The molecule has 23 heavy (non-hydrogen) atoms. The Hall–Kier alpha value is -2.82. The monoisotopic (exact) mass is 311 g/mol. The zero-order valence-electron chi connectivity index (χ0n) is 12.9. The number of hydrogen-bond acceptors (Lipinski definition) is 4. The Bertz CT molecular complexity index is 739. The second kappa shape index (κ2) is 6.12. The van der Waals surface area contributed by atoms with Crippen LogP contribution in [0.25, 0.3) is 0 Å². The van der Waals surface area contributed by atoms with Crippen molar-refractivity contribution in [3.63, 3.8) is 0 Å². The maximum Gasteiger partial charge on any atom is 0.269 e. The lowest BCUT2D eigenvalue weighted by Gasteiger charge is -2.31. The number of para-hydroxylation sites is 2. The highest BCUT2D eigenvalue weighted by atomic mass is 16.6. The highest BCUT2D eigenvalue weighted by Crippen LogP contribution is 2.33. The van der Waals surface area contributed by atoms with Gasteiger partial charge in [0.25, 0.3) is 5.91 Å². The van der Waals surface area contributed by atoms with E-state index in [1.165, 1.54) is 6.92 Å². The summed E-state index contributed by atoms with van der Waals surface area (Å²) in [6, 6.07) is 14.0. The minimum atomic E-state index is -0.739. The van der Waals surface area contributed by atoms with Crippen molar-refractivity contribution in [3.8, 4) is 11.5 Å². The maximum absolute atomic E-state index is 12.4. The zero-order chi connectivity index (χ0) is 16.4. The molecular formula is C18H17NO4. The Kier molecular flexibility index (Phi) is 4.02. The molecule has 0 bridgehead atoms. The molecule has 2 atom stereocenters. The summed E-state index contributed by atoms with van der Waals surface area (Å²) < 4.78 is 11.5. The average Bonchev–Trinajstić information content (AvgIpc) is 2.54. The van der Waals surface area contributed by atoms with Crippen LogP contribution in [0.15, 0.2) is 48.5 Å². The quantitative estimate of drug-likeness (QED) is 0.885. The first-order valence-electron chi connectivity index (χ1n) is 7.39. The highest BCUT2D eigenvalue weighted by Gasteiger charge is 2.34. The summed E-state index contributed by atoms with van der Waals surface area (Å²) in [6.07, 6.45) is -1.14. The topological polar surface area (TPSA) is 64.6 Å². The first-order valence-corrected chi connectivity index (χ1v) is 7.39. The minimum absolute atomic E-state index is 0.0166. The molecule has 1 amide bonds. The van der Waals surface area contributed by atoms with Gasteiger partial charge < -0.3 is 14.8 Å². The summed E-state index contributed by atoms with van der Waals surface area (Å²) in [5.41, 5.74) is 1.21. The molecule has 0 aromatic heterocycles. The van der Waals surface area contributed by atoms with Crippen molar-refractivity contribution in [1.82, 2.24) is 0 Å². The third kappa shape index (κ3) is 3.18. The maximum atomic E-state index is 12.4.